The van der Waals surface area contributed by atoms with Crippen molar-refractivity contribution in [3.63, 3.8) is 0 Å². The molecule has 0 bridgehead atoms. The Morgan fingerprint density at radius 1 is 1.22 bits per heavy atom. The fraction of sp³-hybridized carbons (Fsp3) is 0.304. The van der Waals surface area contributed by atoms with Gasteiger partial charge < -0.3 is 25.2 Å². The molecule has 3 aromatic heterocycles. The molecule has 3 N–H and O–H groups in total. The molecular weight excluding hydrogens is 478 g/mol. The zero-order valence-corrected chi connectivity index (χ0v) is 19.2. The van der Waals surface area contributed by atoms with Crippen LogP contribution in [0.4, 0.5) is 8.78 Å². The minimum absolute atomic E-state index is 0.0912. The lowest BCUT2D eigenvalue weighted by atomic mass is 10.1. The molecular formula is C23H24F2N6O5. The van der Waals surface area contributed by atoms with E-state index in [2.05, 4.69) is 30.6 Å². The molecule has 1 saturated heterocycles. The summed E-state index contributed by atoms with van der Waals surface area (Å²) in [7, 11) is 0. The van der Waals surface area contributed by atoms with Crippen LogP contribution < -0.4 is 20.1 Å². The average Bonchev–Trinajstić information content (AvgIpc) is 2.88. The van der Waals surface area contributed by atoms with E-state index in [1.165, 1.54) is 30.9 Å². The predicted octanol–water partition coefficient (Wildman–Crippen LogP) is 2.39. The van der Waals surface area contributed by atoms with Gasteiger partial charge in [-0.25, -0.2) is 23.7 Å². The number of nitrogens with one attached hydrogen (secondary N) is 2. The van der Waals surface area contributed by atoms with E-state index in [4.69, 9.17) is 19.4 Å². The maximum atomic E-state index is 14.0. The molecule has 1 fully saturated rings. The first-order valence-electron chi connectivity index (χ1n) is 10.9. The van der Waals surface area contributed by atoms with Crippen LogP contribution in [-0.4, -0.2) is 69.3 Å². The molecule has 3 aromatic rings. The van der Waals surface area contributed by atoms with Gasteiger partial charge in [0.05, 0.1) is 30.6 Å². The molecule has 36 heavy (non-hydrogen) atoms. The molecule has 0 saturated carbocycles. The number of carbonyl (C=O) groups excluding carboxylic acids is 1. The first-order valence-corrected chi connectivity index (χ1v) is 10.9. The number of ether oxygens (including phenoxy) is 2. The Morgan fingerprint density at radius 2 is 1.97 bits per heavy atom. The lowest BCUT2D eigenvalue weighted by molar-refractivity contribution is -0.122. The zero-order chi connectivity index (χ0) is 25.9. The standard InChI is InChI=1S/C22H22F2N6O3.CH2O2/c1-2-32-19-6-15(23)10-29-22(19)33-16-5-13(7-26-11-16)20-27-8-14(9-28-20)21(31)30-18-12-25-4-3-17(18)24;2-1-3/h5-11,17-18,25H,2-4,12H2,1H3,(H,30,31);1H,(H,2,3)/t17-,18-;/m0./s1. The summed E-state index contributed by atoms with van der Waals surface area (Å²) in [4.78, 5) is 37.3. The second-order valence-corrected chi connectivity index (χ2v) is 7.39. The molecule has 190 valence electrons. The van der Waals surface area contributed by atoms with Crippen molar-refractivity contribution in [1.82, 2.24) is 30.6 Å². The largest absolute Gasteiger partial charge is 0.488 e. The van der Waals surface area contributed by atoms with Crippen molar-refractivity contribution in [2.24, 2.45) is 0 Å². The number of amides is 1. The van der Waals surface area contributed by atoms with Gasteiger partial charge in [-0.3, -0.25) is 14.6 Å². The van der Waals surface area contributed by atoms with E-state index in [0.717, 1.165) is 6.20 Å². The average molecular weight is 502 g/mol. The van der Waals surface area contributed by atoms with Crippen molar-refractivity contribution in [3.8, 4) is 28.8 Å². The van der Waals surface area contributed by atoms with Crippen molar-refractivity contribution in [2.75, 3.05) is 19.7 Å². The number of aromatic nitrogens is 4. The van der Waals surface area contributed by atoms with Crippen molar-refractivity contribution in [3.05, 3.63) is 54.5 Å². The van der Waals surface area contributed by atoms with E-state index in [1.54, 1.807) is 13.0 Å². The highest BCUT2D eigenvalue weighted by Gasteiger charge is 2.26. The van der Waals surface area contributed by atoms with E-state index in [0.29, 0.717) is 43.3 Å². The van der Waals surface area contributed by atoms with E-state index in [1.807, 2.05) is 0 Å². The van der Waals surface area contributed by atoms with Gasteiger partial charge in [-0.15, -0.1) is 0 Å². The van der Waals surface area contributed by atoms with Crippen LogP contribution in [-0.2, 0) is 4.79 Å². The molecule has 1 aliphatic heterocycles. The summed E-state index contributed by atoms with van der Waals surface area (Å²) >= 11 is 0. The summed E-state index contributed by atoms with van der Waals surface area (Å²) in [5, 5.41) is 12.6. The van der Waals surface area contributed by atoms with E-state index >= 15 is 0 Å². The molecule has 11 nitrogen and oxygen atoms in total. The Morgan fingerprint density at radius 3 is 2.67 bits per heavy atom. The Kier molecular flexibility index (Phi) is 9.51. The SMILES string of the molecule is CCOc1cc(F)cnc1Oc1cncc(-c2ncc(C(=O)N[C@H]3CNCC[C@@H]3F)cn2)c1.O=CO. The zero-order valence-electron chi connectivity index (χ0n) is 19.2. The van der Waals surface area contributed by atoms with Crippen LogP contribution in [0.5, 0.6) is 17.4 Å². The summed E-state index contributed by atoms with van der Waals surface area (Å²) in [5.41, 5.74) is 0.744. The Labute approximate surface area is 204 Å². The minimum Gasteiger partial charge on any atom is -0.488 e. The van der Waals surface area contributed by atoms with Gasteiger partial charge in [0, 0.05) is 36.8 Å². The van der Waals surface area contributed by atoms with Crippen LogP contribution in [0.2, 0.25) is 0 Å². The second-order valence-electron chi connectivity index (χ2n) is 7.39. The topological polar surface area (TPSA) is 148 Å². The van der Waals surface area contributed by atoms with Crippen LogP contribution in [0.15, 0.2) is 43.1 Å². The normalized spacial score (nSPS) is 16.8. The second kappa shape index (κ2) is 13.0. The molecule has 0 aromatic carbocycles. The van der Waals surface area contributed by atoms with Gasteiger partial charge in [0.25, 0.3) is 18.3 Å². The van der Waals surface area contributed by atoms with E-state index in [9.17, 15) is 13.6 Å². The quantitative estimate of drug-likeness (QED) is 0.411. The number of halogens is 2. The molecule has 0 unspecified atom stereocenters. The third-order valence-corrected chi connectivity index (χ3v) is 4.90. The fourth-order valence-electron chi connectivity index (χ4n) is 3.27. The first-order chi connectivity index (χ1) is 17.4. The van der Waals surface area contributed by atoms with Gasteiger partial charge in [-0.2, -0.15) is 0 Å². The molecule has 0 spiro atoms. The molecule has 0 aliphatic carbocycles. The van der Waals surface area contributed by atoms with Crippen LogP contribution in [0.1, 0.15) is 23.7 Å². The Bertz CT molecular complexity index is 1170. The molecule has 4 rings (SSSR count). The monoisotopic (exact) mass is 502 g/mol. The van der Waals surface area contributed by atoms with Crippen LogP contribution in [0.25, 0.3) is 11.4 Å². The van der Waals surface area contributed by atoms with Gasteiger partial charge in [0.1, 0.15) is 17.7 Å². The van der Waals surface area contributed by atoms with Gasteiger partial charge >= 0.3 is 0 Å². The van der Waals surface area contributed by atoms with Gasteiger partial charge in [0.2, 0.25) is 0 Å². The highest BCUT2D eigenvalue weighted by atomic mass is 19.1. The number of carboxylic acid groups (broad SMARTS) is 1. The summed E-state index contributed by atoms with van der Waals surface area (Å²) < 4.78 is 38.5. The molecule has 2 atom stereocenters. The van der Waals surface area contributed by atoms with Crippen molar-refractivity contribution < 1.29 is 33.0 Å². The molecule has 0 radical (unpaired) electrons. The predicted molar refractivity (Wildman–Crippen MR) is 123 cm³/mol. The number of piperidine rings is 1. The Hall–Kier alpha value is -4.26. The lowest BCUT2D eigenvalue weighted by Crippen LogP contribution is -2.52. The van der Waals surface area contributed by atoms with Crippen LogP contribution in [0.3, 0.4) is 0 Å². The lowest BCUT2D eigenvalue weighted by Gasteiger charge is -2.27. The van der Waals surface area contributed by atoms with E-state index in [-0.39, 0.29) is 23.7 Å². The molecule has 1 amide bonds. The minimum atomic E-state index is -1.09. The number of alkyl halides is 1. The van der Waals surface area contributed by atoms with Crippen molar-refractivity contribution >= 4 is 12.4 Å². The number of hydrogen-bond acceptors (Lipinski definition) is 9. The van der Waals surface area contributed by atoms with Gasteiger partial charge in [-0.05, 0) is 26.0 Å². The fourth-order valence-corrected chi connectivity index (χ4v) is 3.27. The third-order valence-electron chi connectivity index (χ3n) is 4.90. The van der Waals surface area contributed by atoms with Gasteiger partial charge in [0.15, 0.2) is 11.6 Å². The molecule has 4 heterocycles. The Balaban J connectivity index is 0.00000115. The third kappa shape index (κ3) is 7.12. The maximum Gasteiger partial charge on any atom is 0.290 e. The highest BCUT2D eigenvalue weighted by Crippen LogP contribution is 2.30. The number of nitrogens with zero attached hydrogens (tertiary/aromatic N) is 4. The van der Waals surface area contributed by atoms with Gasteiger partial charge in [-0.1, -0.05) is 0 Å². The maximum absolute atomic E-state index is 14.0. The number of hydrogen-bond donors (Lipinski definition) is 3. The number of rotatable bonds is 7. The molecule has 1 aliphatic rings. The van der Waals surface area contributed by atoms with Crippen molar-refractivity contribution in [1.29, 1.82) is 0 Å². The van der Waals surface area contributed by atoms with Crippen molar-refractivity contribution in [2.45, 2.75) is 25.6 Å². The summed E-state index contributed by atoms with van der Waals surface area (Å²) in [6, 6.07) is 2.22. The summed E-state index contributed by atoms with van der Waals surface area (Å²) in [6.45, 7) is 2.79. The summed E-state index contributed by atoms with van der Waals surface area (Å²) in [6.07, 6.45) is 6.00. The first kappa shape index (κ1) is 26.3. The molecule has 13 heteroatoms. The van der Waals surface area contributed by atoms with Crippen LogP contribution >= 0.6 is 0 Å². The number of carbonyl (C=O) groups is 2. The smallest absolute Gasteiger partial charge is 0.290 e. The summed E-state index contributed by atoms with van der Waals surface area (Å²) in [5.74, 6) is -0.108. The highest BCUT2D eigenvalue weighted by molar-refractivity contribution is 5.94. The number of pyridine rings is 2. The van der Waals surface area contributed by atoms with Crippen LogP contribution in [0, 0.1) is 5.82 Å². The van der Waals surface area contributed by atoms with E-state index < -0.39 is 23.9 Å².